The third-order valence-corrected chi connectivity index (χ3v) is 3.94. The first-order valence-corrected chi connectivity index (χ1v) is 7.08. The number of aromatic amines is 1. The molecule has 0 saturated heterocycles. The van der Waals surface area contributed by atoms with E-state index in [-0.39, 0.29) is 0 Å². The summed E-state index contributed by atoms with van der Waals surface area (Å²) in [7, 11) is 1.73. The Labute approximate surface area is 114 Å². The molecule has 1 heterocycles. The van der Waals surface area contributed by atoms with Gasteiger partial charge in [-0.15, -0.1) is 0 Å². The number of methoxy groups -OCH3 is 1. The van der Waals surface area contributed by atoms with E-state index in [0.717, 1.165) is 30.3 Å². The van der Waals surface area contributed by atoms with Crippen molar-refractivity contribution in [1.29, 1.82) is 0 Å². The molecule has 1 saturated carbocycles. The van der Waals surface area contributed by atoms with Crippen molar-refractivity contribution < 1.29 is 4.74 Å². The van der Waals surface area contributed by atoms with Crippen molar-refractivity contribution in [2.24, 2.45) is 0 Å². The number of ether oxygens (including phenoxy) is 1. The van der Waals surface area contributed by atoms with Crippen molar-refractivity contribution in [2.75, 3.05) is 13.7 Å². The van der Waals surface area contributed by atoms with Crippen LogP contribution in [0.3, 0.4) is 0 Å². The molecule has 3 heteroatoms. The van der Waals surface area contributed by atoms with Crippen molar-refractivity contribution in [1.82, 2.24) is 10.3 Å². The molecule has 1 aromatic heterocycles. The molecule has 0 bridgehead atoms. The standard InChI is InChI=1S/C16H22N2O/c1-10-8-14-13(6-7-17-12-4-5-12)11(2)18-16(14)15(9-10)19-3/h8-9,12,17-18H,4-7H2,1-3H3. The average Bonchev–Trinajstić information content (AvgIpc) is 3.15. The second-order valence-electron chi connectivity index (χ2n) is 5.60. The van der Waals surface area contributed by atoms with Crippen LogP contribution in [-0.2, 0) is 6.42 Å². The summed E-state index contributed by atoms with van der Waals surface area (Å²) in [5.41, 5.74) is 5.06. The maximum Gasteiger partial charge on any atom is 0.143 e. The summed E-state index contributed by atoms with van der Waals surface area (Å²) in [6.07, 6.45) is 3.77. The van der Waals surface area contributed by atoms with Crippen LogP contribution >= 0.6 is 0 Å². The van der Waals surface area contributed by atoms with Gasteiger partial charge in [-0.1, -0.05) is 0 Å². The minimum Gasteiger partial charge on any atom is -0.495 e. The van der Waals surface area contributed by atoms with E-state index in [1.54, 1.807) is 7.11 Å². The smallest absolute Gasteiger partial charge is 0.143 e. The monoisotopic (exact) mass is 258 g/mol. The molecular weight excluding hydrogens is 236 g/mol. The Morgan fingerprint density at radius 1 is 1.32 bits per heavy atom. The quantitative estimate of drug-likeness (QED) is 0.864. The van der Waals surface area contributed by atoms with E-state index in [0.29, 0.717) is 0 Å². The summed E-state index contributed by atoms with van der Waals surface area (Å²) in [6, 6.07) is 5.12. The maximum absolute atomic E-state index is 5.48. The van der Waals surface area contributed by atoms with Crippen LogP contribution in [0.25, 0.3) is 10.9 Å². The predicted molar refractivity (Wildman–Crippen MR) is 79.1 cm³/mol. The van der Waals surface area contributed by atoms with E-state index in [1.807, 2.05) is 0 Å². The molecule has 3 rings (SSSR count). The number of aryl methyl sites for hydroxylation is 2. The predicted octanol–water partition coefficient (Wildman–Crippen LogP) is 3.09. The highest BCUT2D eigenvalue weighted by Crippen LogP contribution is 2.31. The summed E-state index contributed by atoms with van der Waals surface area (Å²) in [6.45, 7) is 5.34. The van der Waals surface area contributed by atoms with Gasteiger partial charge in [0.1, 0.15) is 5.75 Å². The number of H-pyrrole nitrogens is 1. The van der Waals surface area contributed by atoms with Crippen molar-refractivity contribution in [3.05, 3.63) is 29.0 Å². The Morgan fingerprint density at radius 2 is 2.11 bits per heavy atom. The largest absolute Gasteiger partial charge is 0.495 e. The third kappa shape index (κ3) is 2.47. The number of nitrogens with one attached hydrogen (secondary N) is 2. The van der Waals surface area contributed by atoms with Crippen molar-refractivity contribution in [3.63, 3.8) is 0 Å². The van der Waals surface area contributed by atoms with Gasteiger partial charge in [0, 0.05) is 17.1 Å². The first-order valence-electron chi connectivity index (χ1n) is 7.08. The molecule has 0 atom stereocenters. The molecule has 0 amide bonds. The van der Waals surface area contributed by atoms with E-state index >= 15 is 0 Å². The Hall–Kier alpha value is -1.48. The molecule has 1 aliphatic rings. The number of aromatic nitrogens is 1. The normalized spacial score (nSPS) is 15.1. The van der Waals surface area contributed by atoms with E-state index < -0.39 is 0 Å². The van der Waals surface area contributed by atoms with Gasteiger partial charge in [0.05, 0.1) is 12.6 Å². The van der Waals surface area contributed by atoms with Crippen LogP contribution in [0.1, 0.15) is 29.7 Å². The fourth-order valence-corrected chi connectivity index (χ4v) is 2.76. The van der Waals surface area contributed by atoms with Gasteiger partial charge in [-0.3, -0.25) is 0 Å². The number of hydrogen-bond donors (Lipinski definition) is 2. The molecule has 1 aliphatic carbocycles. The fraction of sp³-hybridized carbons (Fsp3) is 0.500. The summed E-state index contributed by atoms with van der Waals surface area (Å²) in [5.74, 6) is 0.944. The number of benzene rings is 1. The van der Waals surface area contributed by atoms with Gasteiger partial charge in [0.25, 0.3) is 0 Å². The highest BCUT2D eigenvalue weighted by molar-refractivity contribution is 5.90. The van der Waals surface area contributed by atoms with Gasteiger partial charge in [0.15, 0.2) is 0 Å². The lowest BCUT2D eigenvalue weighted by Crippen LogP contribution is -2.19. The summed E-state index contributed by atoms with van der Waals surface area (Å²) in [5, 5.41) is 4.90. The van der Waals surface area contributed by atoms with Crippen molar-refractivity contribution >= 4 is 10.9 Å². The van der Waals surface area contributed by atoms with Gasteiger partial charge < -0.3 is 15.0 Å². The Bertz CT molecular complexity index is 596. The molecular formula is C16H22N2O. The summed E-state index contributed by atoms with van der Waals surface area (Å²) >= 11 is 0. The Morgan fingerprint density at radius 3 is 2.79 bits per heavy atom. The van der Waals surface area contributed by atoms with Crippen LogP contribution < -0.4 is 10.1 Å². The molecule has 2 N–H and O–H groups in total. The molecule has 0 aliphatic heterocycles. The van der Waals surface area contributed by atoms with E-state index in [2.05, 4.69) is 36.3 Å². The second-order valence-corrected chi connectivity index (χ2v) is 5.60. The molecule has 0 radical (unpaired) electrons. The first kappa shape index (κ1) is 12.5. The van der Waals surface area contributed by atoms with E-state index in [1.165, 1.54) is 35.0 Å². The first-order chi connectivity index (χ1) is 9.19. The molecule has 3 nitrogen and oxygen atoms in total. The van der Waals surface area contributed by atoms with Crippen LogP contribution in [0.5, 0.6) is 5.75 Å². The third-order valence-electron chi connectivity index (χ3n) is 3.94. The minimum absolute atomic E-state index is 0.779. The lowest BCUT2D eigenvalue weighted by molar-refractivity contribution is 0.418. The van der Waals surface area contributed by atoms with Gasteiger partial charge in [-0.2, -0.15) is 0 Å². The zero-order chi connectivity index (χ0) is 13.4. The van der Waals surface area contributed by atoms with Gasteiger partial charge in [0.2, 0.25) is 0 Å². The number of rotatable bonds is 5. The van der Waals surface area contributed by atoms with Crippen LogP contribution in [0.2, 0.25) is 0 Å². The van der Waals surface area contributed by atoms with Crippen molar-refractivity contribution in [2.45, 2.75) is 39.2 Å². The second kappa shape index (κ2) is 4.89. The molecule has 102 valence electrons. The molecule has 1 fully saturated rings. The SMILES string of the molecule is COc1cc(C)cc2c(CCNC3CC3)c(C)[nH]c12. The summed E-state index contributed by atoms with van der Waals surface area (Å²) < 4.78 is 5.48. The number of fused-ring (bicyclic) bond motifs is 1. The zero-order valence-electron chi connectivity index (χ0n) is 12.0. The van der Waals surface area contributed by atoms with Gasteiger partial charge in [-0.05, 0) is 62.9 Å². The maximum atomic E-state index is 5.48. The van der Waals surface area contributed by atoms with Crippen molar-refractivity contribution in [3.8, 4) is 5.75 Å². The van der Waals surface area contributed by atoms with E-state index in [9.17, 15) is 0 Å². The number of hydrogen-bond acceptors (Lipinski definition) is 2. The lowest BCUT2D eigenvalue weighted by atomic mass is 10.1. The highest BCUT2D eigenvalue weighted by atomic mass is 16.5. The van der Waals surface area contributed by atoms with Crippen LogP contribution in [0.4, 0.5) is 0 Å². The van der Waals surface area contributed by atoms with Crippen LogP contribution in [0.15, 0.2) is 12.1 Å². The zero-order valence-corrected chi connectivity index (χ0v) is 12.0. The minimum atomic E-state index is 0.779. The van der Waals surface area contributed by atoms with Crippen LogP contribution in [0, 0.1) is 13.8 Å². The molecule has 0 unspecified atom stereocenters. The fourth-order valence-electron chi connectivity index (χ4n) is 2.76. The molecule has 0 spiro atoms. The summed E-state index contributed by atoms with van der Waals surface area (Å²) in [4.78, 5) is 3.47. The molecule has 2 aromatic rings. The average molecular weight is 258 g/mol. The van der Waals surface area contributed by atoms with E-state index in [4.69, 9.17) is 4.74 Å². The van der Waals surface area contributed by atoms with Gasteiger partial charge in [-0.25, -0.2) is 0 Å². The molecule has 1 aromatic carbocycles. The lowest BCUT2D eigenvalue weighted by Gasteiger charge is -2.06. The van der Waals surface area contributed by atoms with Crippen LogP contribution in [-0.4, -0.2) is 24.7 Å². The Balaban J connectivity index is 1.92. The topological polar surface area (TPSA) is 37.0 Å². The Kier molecular flexibility index (Phi) is 3.23. The van der Waals surface area contributed by atoms with Gasteiger partial charge >= 0.3 is 0 Å². The highest BCUT2D eigenvalue weighted by Gasteiger charge is 2.20. The molecule has 19 heavy (non-hydrogen) atoms.